The van der Waals surface area contributed by atoms with Crippen LogP contribution in [0, 0.1) is 13.8 Å². The highest BCUT2D eigenvalue weighted by Crippen LogP contribution is 2.30. The third-order valence-corrected chi connectivity index (χ3v) is 7.58. The number of aromatic nitrogens is 3. The number of thiazole rings is 1. The number of likely N-dealkylation sites (tertiary alicyclic amines) is 1. The maximum absolute atomic E-state index is 12.8. The van der Waals surface area contributed by atoms with Gasteiger partial charge in [-0.05, 0) is 37.5 Å². The lowest BCUT2D eigenvalue weighted by Crippen LogP contribution is -2.29. The van der Waals surface area contributed by atoms with Gasteiger partial charge in [0.15, 0.2) is 5.13 Å². The summed E-state index contributed by atoms with van der Waals surface area (Å²) < 4.78 is 5.49. The van der Waals surface area contributed by atoms with E-state index in [1.165, 1.54) is 17.5 Å². The molecule has 0 radical (unpaired) electrons. The Kier molecular flexibility index (Phi) is 8.04. The zero-order chi connectivity index (χ0) is 27.4. The Morgan fingerprint density at radius 2 is 1.95 bits per heavy atom. The predicted octanol–water partition coefficient (Wildman–Crippen LogP) is 6.33. The van der Waals surface area contributed by atoms with E-state index in [0.717, 1.165) is 23.2 Å². The van der Waals surface area contributed by atoms with Crippen molar-refractivity contribution in [1.82, 2.24) is 19.9 Å². The Labute approximate surface area is 235 Å². The minimum atomic E-state index is -0.328. The molecule has 3 heterocycles. The van der Waals surface area contributed by atoms with Gasteiger partial charge in [-0.2, -0.15) is 0 Å². The van der Waals surface area contributed by atoms with Gasteiger partial charge in [-0.25, -0.2) is 19.7 Å². The SMILES string of the molecule is Cc1nc(Nc2ncc(C(=O)Nc3c(C)cccc3Cl)s2)cc(C2CCN(C(=O)OCc3ccccc3)C2)n1. The van der Waals surface area contributed by atoms with Crippen molar-refractivity contribution >= 4 is 51.6 Å². The van der Waals surface area contributed by atoms with Crippen LogP contribution < -0.4 is 10.6 Å². The van der Waals surface area contributed by atoms with E-state index in [1.807, 2.05) is 62.4 Å². The number of aryl methyl sites for hydroxylation is 2. The van der Waals surface area contributed by atoms with Crippen molar-refractivity contribution in [3.05, 3.63) is 93.3 Å². The number of benzene rings is 2. The molecule has 4 aromatic rings. The van der Waals surface area contributed by atoms with Crippen LogP contribution in [0.15, 0.2) is 60.8 Å². The summed E-state index contributed by atoms with van der Waals surface area (Å²) in [7, 11) is 0. The minimum absolute atomic E-state index is 0.0630. The summed E-state index contributed by atoms with van der Waals surface area (Å²) in [5.41, 5.74) is 3.24. The van der Waals surface area contributed by atoms with Gasteiger partial charge in [0.25, 0.3) is 5.91 Å². The Hall–Kier alpha value is -4.02. The molecule has 1 aliphatic rings. The number of halogens is 1. The van der Waals surface area contributed by atoms with Gasteiger partial charge in [0, 0.05) is 25.1 Å². The summed E-state index contributed by atoms with van der Waals surface area (Å²) in [4.78, 5) is 41.0. The van der Waals surface area contributed by atoms with Gasteiger partial charge in [0.2, 0.25) is 0 Å². The Balaban J connectivity index is 1.21. The van der Waals surface area contributed by atoms with Crippen LogP contribution in [0.2, 0.25) is 5.02 Å². The van der Waals surface area contributed by atoms with Gasteiger partial charge in [0.1, 0.15) is 23.1 Å². The maximum Gasteiger partial charge on any atom is 0.410 e. The van der Waals surface area contributed by atoms with E-state index in [9.17, 15) is 9.59 Å². The van der Waals surface area contributed by atoms with Gasteiger partial charge in [0.05, 0.1) is 22.6 Å². The summed E-state index contributed by atoms with van der Waals surface area (Å²) in [5, 5.41) is 7.05. The minimum Gasteiger partial charge on any atom is -0.445 e. The molecule has 1 fully saturated rings. The monoisotopic (exact) mass is 562 g/mol. The predicted molar refractivity (Wildman–Crippen MR) is 152 cm³/mol. The average molecular weight is 563 g/mol. The molecule has 5 rings (SSSR count). The fraction of sp³-hybridized carbons (Fsp3) is 0.250. The summed E-state index contributed by atoms with van der Waals surface area (Å²) in [6.07, 6.45) is 1.96. The van der Waals surface area contributed by atoms with Gasteiger partial charge in [-0.1, -0.05) is 65.4 Å². The quantitative estimate of drug-likeness (QED) is 0.271. The lowest BCUT2D eigenvalue weighted by molar-refractivity contribution is 0.102. The fourth-order valence-electron chi connectivity index (χ4n) is 4.35. The highest BCUT2D eigenvalue weighted by Gasteiger charge is 2.30. The number of hydrogen-bond acceptors (Lipinski definition) is 8. The van der Waals surface area contributed by atoms with Crippen molar-refractivity contribution in [2.24, 2.45) is 0 Å². The van der Waals surface area contributed by atoms with Crippen LogP contribution >= 0.6 is 22.9 Å². The fourth-order valence-corrected chi connectivity index (χ4v) is 5.34. The standard InChI is InChI=1S/C28H27ClN6O3S/c1-17-7-6-10-21(29)25(17)34-26(36)23-14-30-27(39-23)33-24-13-22(31-18(2)32-24)20-11-12-35(15-20)28(37)38-16-19-8-4-3-5-9-19/h3-10,13-14,20H,11-12,15-16H2,1-2H3,(H,34,36)(H,30,31,32,33). The zero-order valence-corrected chi connectivity index (χ0v) is 23.1. The average Bonchev–Trinajstić information content (AvgIpc) is 3.60. The molecule has 2 N–H and O–H groups in total. The van der Waals surface area contributed by atoms with E-state index < -0.39 is 0 Å². The molecule has 1 saturated heterocycles. The van der Waals surface area contributed by atoms with E-state index in [1.54, 1.807) is 11.0 Å². The van der Waals surface area contributed by atoms with Crippen LogP contribution in [0.3, 0.4) is 0 Å². The largest absolute Gasteiger partial charge is 0.445 e. The van der Waals surface area contributed by atoms with Crippen molar-refractivity contribution in [3.8, 4) is 0 Å². The maximum atomic E-state index is 12.8. The molecule has 1 atom stereocenters. The molecule has 9 nitrogen and oxygen atoms in total. The second-order valence-electron chi connectivity index (χ2n) is 9.24. The first-order valence-corrected chi connectivity index (χ1v) is 13.7. The Bertz CT molecular complexity index is 1480. The van der Waals surface area contributed by atoms with Gasteiger partial charge >= 0.3 is 6.09 Å². The van der Waals surface area contributed by atoms with Crippen LogP contribution in [-0.2, 0) is 11.3 Å². The number of hydrogen-bond donors (Lipinski definition) is 2. The number of ether oxygens (including phenoxy) is 1. The Morgan fingerprint density at radius 3 is 2.74 bits per heavy atom. The number of rotatable bonds is 7. The highest BCUT2D eigenvalue weighted by atomic mass is 35.5. The van der Waals surface area contributed by atoms with E-state index >= 15 is 0 Å². The molecule has 11 heteroatoms. The zero-order valence-electron chi connectivity index (χ0n) is 21.5. The van der Waals surface area contributed by atoms with E-state index in [2.05, 4.69) is 25.6 Å². The molecular weight excluding hydrogens is 536 g/mol. The van der Waals surface area contributed by atoms with Crippen molar-refractivity contribution < 1.29 is 14.3 Å². The topological polar surface area (TPSA) is 109 Å². The normalized spacial score (nSPS) is 14.7. The highest BCUT2D eigenvalue weighted by molar-refractivity contribution is 7.17. The Morgan fingerprint density at radius 1 is 1.13 bits per heavy atom. The number of anilines is 3. The molecule has 0 saturated carbocycles. The molecule has 1 aliphatic heterocycles. The number of nitrogens with one attached hydrogen (secondary N) is 2. The van der Waals surface area contributed by atoms with E-state index in [-0.39, 0.29) is 24.5 Å². The molecule has 0 aliphatic carbocycles. The molecule has 2 aromatic carbocycles. The third-order valence-electron chi connectivity index (χ3n) is 6.35. The number of nitrogens with zero attached hydrogens (tertiary/aromatic N) is 4. The van der Waals surface area contributed by atoms with Crippen LogP contribution in [0.25, 0.3) is 0 Å². The molecule has 1 unspecified atom stereocenters. The van der Waals surface area contributed by atoms with Crippen molar-refractivity contribution in [1.29, 1.82) is 0 Å². The van der Waals surface area contributed by atoms with Crippen LogP contribution in [0.1, 0.15) is 44.7 Å². The summed E-state index contributed by atoms with van der Waals surface area (Å²) in [6, 6.07) is 16.9. The molecule has 200 valence electrons. The third kappa shape index (κ3) is 6.52. The van der Waals surface area contributed by atoms with Gasteiger partial charge in [-0.3, -0.25) is 4.79 Å². The number of carbonyl (C=O) groups excluding carboxylic acids is 2. The van der Waals surface area contributed by atoms with Crippen LogP contribution in [-0.4, -0.2) is 44.9 Å². The first-order chi connectivity index (χ1) is 18.9. The molecule has 0 bridgehead atoms. The second kappa shape index (κ2) is 11.8. The van der Waals surface area contributed by atoms with Crippen molar-refractivity contribution in [3.63, 3.8) is 0 Å². The summed E-state index contributed by atoms with van der Waals surface area (Å²) >= 11 is 7.45. The lowest BCUT2D eigenvalue weighted by atomic mass is 10.0. The van der Waals surface area contributed by atoms with Crippen molar-refractivity contribution in [2.45, 2.75) is 32.8 Å². The first-order valence-electron chi connectivity index (χ1n) is 12.5. The van der Waals surface area contributed by atoms with Gasteiger partial charge < -0.3 is 20.3 Å². The summed E-state index contributed by atoms with van der Waals surface area (Å²) in [6.45, 7) is 5.06. The van der Waals surface area contributed by atoms with Crippen LogP contribution in [0.5, 0.6) is 0 Å². The van der Waals surface area contributed by atoms with Crippen LogP contribution in [0.4, 0.5) is 21.4 Å². The molecule has 39 heavy (non-hydrogen) atoms. The van der Waals surface area contributed by atoms with Gasteiger partial charge in [-0.15, -0.1) is 0 Å². The number of carbonyl (C=O) groups is 2. The number of amides is 2. The molecule has 2 amide bonds. The van der Waals surface area contributed by atoms with E-state index in [0.29, 0.717) is 45.5 Å². The van der Waals surface area contributed by atoms with Crippen molar-refractivity contribution in [2.75, 3.05) is 23.7 Å². The molecule has 2 aromatic heterocycles. The van der Waals surface area contributed by atoms with E-state index in [4.69, 9.17) is 16.3 Å². The lowest BCUT2D eigenvalue weighted by Gasteiger charge is -2.17. The molecule has 0 spiro atoms. The summed E-state index contributed by atoms with van der Waals surface area (Å²) in [5.74, 6) is 0.948. The number of para-hydroxylation sites is 1. The second-order valence-corrected chi connectivity index (χ2v) is 10.7. The smallest absolute Gasteiger partial charge is 0.410 e. The molecular formula is C28H27ClN6O3S. The first kappa shape index (κ1) is 26.6.